The summed E-state index contributed by atoms with van der Waals surface area (Å²) in [6.45, 7) is 2.43. The fourth-order valence-electron chi connectivity index (χ4n) is 4.82. The Bertz CT molecular complexity index is 1400. The van der Waals surface area contributed by atoms with E-state index in [1.54, 1.807) is 19.4 Å². The van der Waals surface area contributed by atoms with Crippen molar-refractivity contribution in [1.82, 2.24) is 24.7 Å². The first kappa shape index (κ1) is 21.3. The Hall–Kier alpha value is -4.27. The summed E-state index contributed by atoms with van der Waals surface area (Å²) in [7, 11) is 1.59. The molecular weight excluding hydrogens is 442 g/mol. The van der Waals surface area contributed by atoms with Crippen molar-refractivity contribution in [2.45, 2.75) is 32.4 Å². The number of pyridine rings is 2. The Balaban J connectivity index is 1.26. The molecule has 9 nitrogen and oxygen atoms in total. The van der Waals surface area contributed by atoms with Crippen LogP contribution in [0.5, 0.6) is 5.75 Å². The lowest BCUT2D eigenvalue weighted by Crippen LogP contribution is -2.31. The van der Waals surface area contributed by atoms with E-state index in [0.29, 0.717) is 29.4 Å². The fourth-order valence-corrected chi connectivity index (χ4v) is 4.82. The topological polar surface area (TPSA) is 98.1 Å². The first-order valence-corrected chi connectivity index (χ1v) is 11.8. The lowest BCUT2D eigenvalue weighted by Gasteiger charge is -2.30. The molecule has 35 heavy (non-hydrogen) atoms. The Morgan fingerprint density at radius 1 is 1.03 bits per heavy atom. The number of amides is 1. The fraction of sp³-hybridized carbons (Fsp3) is 0.269. The number of carbonyl (C=O) groups is 1. The molecule has 4 aromatic rings. The lowest BCUT2D eigenvalue weighted by atomic mass is 9.96. The van der Waals surface area contributed by atoms with Crippen LogP contribution in [0.4, 0.5) is 11.6 Å². The van der Waals surface area contributed by atoms with Gasteiger partial charge in [0.1, 0.15) is 28.9 Å². The molecule has 0 aliphatic carbocycles. The van der Waals surface area contributed by atoms with Crippen molar-refractivity contribution >= 4 is 17.5 Å². The summed E-state index contributed by atoms with van der Waals surface area (Å²) < 4.78 is 7.68. The van der Waals surface area contributed by atoms with Crippen LogP contribution in [0.1, 0.15) is 33.7 Å². The van der Waals surface area contributed by atoms with Gasteiger partial charge in [-0.3, -0.25) is 4.79 Å². The third-order valence-electron chi connectivity index (χ3n) is 6.58. The maximum atomic E-state index is 13.3. The van der Waals surface area contributed by atoms with Gasteiger partial charge in [0.2, 0.25) is 0 Å². The second kappa shape index (κ2) is 8.83. The molecule has 2 aliphatic heterocycles. The molecule has 0 spiro atoms. The SMILES string of the molecule is COc1cc2c(cc1C(=O)Nc1cccc(-c3nnc4n3CCC4)n1)CN(c1ccccn1)CC2. The molecule has 0 fully saturated rings. The van der Waals surface area contributed by atoms with Gasteiger partial charge in [-0.1, -0.05) is 12.1 Å². The highest BCUT2D eigenvalue weighted by Crippen LogP contribution is 2.30. The van der Waals surface area contributed by atoms with E-state index >= 15 is 0 Å². The van der Waals surface area contributed by atoms with Gasteiger partial charge in [-0.2, -0.15) is 0 Å². The van der Waals surface area contributed by atoms with Gasteiger partial charge in [-0.25, -0.2) is 9.97 Å². The number of hydrogen-bond acceptors (Lipinski definition) is 7. The van der Waals surface area contributed by atoms with E-state index in [4.69, 9.17) is 4.74 Å². The first-order chi connectivity index (χ1) is 17.2. The summed E-state index contributed by atoms with van der Waals surface area (Å²) in [5.41, 5.74) is 3.44. The van der Waals surface area contributed by atoms with Crippen LogP contribution in [0.25, 0.3) is 11.5 Å². The number of aromatic nitrogens is 5. The maximum Gasteiger partial charge on any atom is 0.260 e. The molecule has 0 atom stereocenters. The molecular formula is C26H25N7O2. The molecule has 6 rings (SSSR count). The van der Waals surface area contributed by atoms with Crippen LogP contribution in [-0.4, -0.2) is 44.3 Å². The van der Waals surface area contributed by atoms with Gasteiger partial charge < -0.3 is 19.5 Å². The first-order valence-electron chi connectivity index (χ1n) is 11.8. The molecule has 1 amide bonds. The minimum Gasteiger partial charge on any atom is -0.496 e. The number of nitrogens with one attached hydrogen (secondary N) is 1. The summed E-state index contributed by atoms with van der Waals surface area (Å²) in [4.78, 5) is 24.7. The zero-order valence-electron chi connectivity index (χ0n) is 19.4. The molecule has 9 heteroatoms. The number of nitrogens with zero attached hydrogens (tertiary/aromatic N) is 6. The predicted octanol–water partition coefficient (Wildman–Crippen LogP) is 3.50. The van der Waals surface area contributed by atoms with Crippen LogP contribution in [0, 0.1) is 0 Å². The molecule has 3 aromatic heterocycles. The van der Waals surface area contributed by atoms with Gasteiger partial charge in [-0.05, 0) is 60.4 Å². The standard InChI is InChI=1S/C26H25N7O2/c1-35-21-15-17-10-13-32(23-8-2-3-11-27-23)16-18(17)14-19(21)26(34)29-22-7-4-6-20(28-22)25-31-30-24-9-5-12-33(24)25/h2-4,6-8,11,14-15H,5,9-10,12-13,16H2,1H3,(H,28,29,34). The minimum absolute atomic E-state index is 0.268. The van der Waals surface area contributed by atoms with Crippen molar-refractivity contribution < 1.29 is 9.53 Å². The van der Waals surface area contributed by atoms with Crippen molar-refractivity contribution in [2.24, 2.45) is 0 Å². The third-order valence-corrected chi connectivity index (χ3v) is 6.58. The van der Waals surface area contributed by atoms with Crippen LogP contribution in [0.3, 0.4) is 0 Å². The maximum absolute atomic E-state index is 13.3. The molecule has 2 aliphatic rings. The Morgan fingerprint density at radius 2 is 1.97 bits per heavy atom. The lowest BCUT2D eigenvalue weighted by molar-refractivity contribution is 0.102. The molecule has 1 N–H and O–H groups in total. The summed E-state index contributed by atoms with van der Waals surface area (Å²) in [6, 6.07) is 15.3. The quantitative estimate of drug-likeness (QED) is 0.480. The van der Waals surface area contributed by atoms with Crippen LogP contribution < -0.4 is 15.0 Å². The second-order valence-corrected chi connectivity index (χ2v) is 8.74. The van der Waals surface area contributed by atoms with Crippen molar-refractivity contribution in [2.75, 3.05) is 23.9 Å². The van der Waals surface area contributed by atoms with E-state index < -0.39 is 0 Å². The molecule has 0 radical (unpaired) electrons. The molecule has 0 saturated carbocycles. The smallest absolute Gasteiger partial charge is 0.260 e. The Kier molecular flexibility index (Phi) is 5.36. The largest absolute Gasteiger partial charge is 0.496 e. The number of carbonyl (C=O) groups excluding carboxylic acids is 1. The highest BCUT2D eigenvalue weighted by atomic mass is 16.5. The molecule has 0 saturated heterocycles. The Labute approximate surface area is 202 Å². The summed E-state index contributed by atoms with van der Waals surface area (Å²) in [6.07, 6.45) is 4.65. The van der Waals surface area contributed by atoms with E-state index in [1.165, 1.54) is 5.56 Å². The van der Waals surface area contributed by atoms with Crippen LogP contribution in [0.15, 0.2) is 54.7 Å². The number of hydrogen-bond donors (Lipinski definition) is 1. The van der Waals surface area contributed by atoms with Gasteiger partial charge in [0.05, 0.1) is 12.7 Å². The van der Waals surface area contributed by atoms with Crippen LogP contribution in [-0.2, 0) is 25.9 Å². The molecule has 0 unspecified atom stereocenters. The van der Waals surface area contributed by atoms with Crippen molar-refractivity contribution in [3.63, 3.8) is 0 Å². The zero-order valence-corrected chi connectivity index (χ0v) is 19.4. The van der Waals surface area contributed by atoms with Crippen LogP contribution >= 0.6 is 0 Å². The third kappa shape index (κ3) is 3.99. The van der Waals surface area contributed by atoms with Gasteiger partial charge >= 0.3 is 0 Å². The number of benzene rings is 1. The summed E-state index contributed by atoms with van der Waals surface area (Å²) in [5, 5.41) is 11.5. The molecule has 1 aromatic carbocycles. The molecule has 0 bridgehead atoms. The molecule has 5 heterocycles. The second-order valence-electron chi connectivity index (χ2n) is 8.74. The van der Waals surface area contributed by atoms with Gasteiger partial charge in [0.25, 0.3) is 5.91 Å². The average Bonchev–Trinajstić information content (AvgIpc) is 3.52. The van der Waals surface area contributed by atoms with E-state index in [0.717, 1.165) is 55.4 Å². The normalized spacial score (nSPS) is 14.4. The van der Waals surface area contributed by atoms with Gasteiger partial charge in [0.15, 0.2) is 5.82 Å². The number of anilines is 2. The Morgan fingerprint density at radius 3 is 2.83 bits per heavy atom. The average molecular weight is 468 g/mol. The highest BCUT2D eigenvalue weighted by molar-refractivity contribution is 6.06. The van der Waals surface area contributed by atoms with E-state index in [1.807, 2.05) is 42.5 Å². The monoisotopic (exact) mass is 467 g/mol. The number of ether oxygens (including phenoxy) is 1. The highest BCUT2D eigenvalue weighted by Gasteiger charge is 2.23. The summed E-state index contributed by atoms with van der Waals surface area (Å²) in [5.74, 6) is 3.39. The van der Waals surface area contributed by atoms with Gasteiger partial charge in [0, 0.05) is 32.3 Å². The number of methoxy groups -OCH3 is 1. The molecule has 176 valence electrons. The van der Waals surface area contributed by atoms with Gasteiger partial charge in [-0.15, -0.1) is 10.2 Å². The van der Waals surface area contributed by atoms with Crippen LogP contribution in [0.2, 0.25) is 0 Å². The number of aryl methyl sites for hydroxylation is 1. The van der Waals surface area contributed by atoms with E-state index in [9.17, 15) is 4.79 Å². The van der Waals surface area contributed by atoms with E-state index in [2.05, 4.69) is 34.9 Å². The number of fused-ring (bicyclic) bond motifs is 2. The zero-order chi connectivity index (χ0) is 23.8. The van der Waals surface area contributed by atoms with Crippen molar-refractivity contribution in [3.8, 4) is 17.3 Å². The number of rotatable bonds is 5. The van der Waals surface area contributed by atoms with Crippen molar-refractivity contribution in [3.05, 3.63) is 77.2 Å². The minimum atomic E-state index is -0.268. The predicted molar refractivity (Wildman–Crippen MR) is 132 cm³/mol. The van der Waals surface area contributed by atoms with E-state index in [-0.39, 0.29) is 5.91 Å². The summed E-state index contributed by atoms with van der Waals surface area (Å²) >= 11 is 0. The van der Waals surface area contributed by atoms with Crippen molar-refractivity contribution in [1.29, 1.82) is 0 Å².